The number of carbonyl (C=O) groups excluding carboxylic acids is 3. The first-order valence-electron chi connectivity index (χ1n) is 10.0. The molecular formula is C24H20ClN3O4. The SMILES string of the molecule is CCc1ccccc1NC(=O)CN1C(=O)N/C(=C/c2ccc(-c3ccc(Cl)cc3)o2)C1=O. The Morgan fingerprint density at radius 2 is 1.84 bits per heavy atom. The Morgan fingerprint density at radius 1 is 1.09 bits per heavy atom. The van der Waals surface area contributed by atoms with Crippen LogP contribution in [-0.2, 0) is 16.0 Å². The second-order valence-corrected chi connectivity index (χ2v) is 7.58. The predicted octanol–water partition coefficient (Wildman–Crippen LogP) is 4.69. The van der Waals surface area contributed by atoms with Gasteiger partial charge in [-0.2, -0.15) is 0 Å². The minimum absolute atomic E-state index is 0.0359. The van der Waals surface area contributed by atoms with Crippen LogP contribution < -0.4 is 10.6 Å². The lowest BCUT2D eigenvalue weighted by Gasteiger charge is -2.13. The highest BCUT2D eigenvalue weighted by atomic mass is 35.5. The monoisotopic (exact) mass is 449 g/mol. The van der Waals surface area contributed by atoms with Crippen LogP contribution in [0.3, 0.4) is 0 Å². The number of imide groups is 1. The summed E-state index contributed by atoms with van der Waals surface area (Å²) in [5.74, 6) is -0.0741. The molecule has 8 heteroatoms. The van der Waals surface area contributed by atoms with Crippen molar-refractivity contribution in [2.24, 2.45) is 0 Å². The molecular weight excluding hydrogens is 430 g/mol. The number of benzene rings is 2. The fourth-order valence-corrected chi connectivity index (χ4v) is 3.47. The van der Waals surface area contributed by atoms with E-state index in [2.05, 4.69) is 10.6 Å². The number of halogens is 1. The summed E-state index contributed by atoms with van der Waals surface area (Å²) in [7, 11) is 0. The fraction of sp³-hybridized carbons (Fsp3) is 0.125. The zero-order valence-corrected chi connectivity index (χ0v) is 18.0. The summed E-state index contributed by atoms with van der Waals surface area (Å²) in [5.41, 5.74) is 2.49. The fourth-order valence-electron chi connectivity index (χ4n) is 3.34. The highest BCUT2D eigenvalue weighted by Crippen LogP contribution is 2.25. The van der Waals surface area contributed by atoms with Crippen LogP contribution in [0, 0.1) is 0 Å². The summed E-state index contributed by atoms with van der Waals surface area (Å²) in [6, 6.07) is 17.3. The number of hydrogen-bond donors (Lipinski definition) is 2. The van der Waals surface area contributed by atoms with Gasteiger partial charge in [0.05, 0.1) is 0 Å². The molecule has 0 spiro atoms. The van der Waals surface area contributed by atoms with Crippen LogP contribution in [0.25, 0.3) is 17.4 Å². The van der Waals surface area contributed by atoms with E-state index in [0.717, 1.165) is 22.4 Å². The molecule has 1 aromatic heterocycles. The number of aryl methyl sites for hydroxylation is 1. The normalized spacial score (nSPS) is 14.7. The van der Waals surface area contributed by atoms with Gasteiger partial charge in [-0.05, 0) is 54.4 Å². The topological polar surface area (TPSA) is 91.7 Å². The van der Waals surface area contributed by atoms with Gasteiger partial charge < -0.3 is 15.1 Å². The zero-order valence-electron chi connectivity index (χ0n) is 17.2. The Kier molecular flexibility index (Phi) is 6.09. The average molecular weight is 450 g/mol. The Hall–Kier alpha value is -3.84. The average Bonchev–Trinajstić information content (AvgIpc) is 3.35. The van der Waals surface area contributed by atoms with Gasteiger partial charge in [0.15, 0.2) is 0 Å². The van der Waals surface area contributed by atoms with Crippen LogP contribution in [0.1, 0.15) is 18.2 Å². The maximum absolute atomic E-state index is 12.7. The third-order valence-corrected chi connectivity index (χ3v) is 5.23. The molecule has 1 aliphatic rings. The highest BCUT2D eigenvalue weighted by molar-refractivity contribution is 6.30. The molecule has 2 aromatic carbocycles. The molecule has 0 unspecified atom stereocenters. The van der Waals surface area contributed by atoms with Gasteiger partial charge in [0, 0.05) is 22.3 Å². The number of para-hydroxylation sites is 1. The Labute approximate surface area is 189 Å². The third-order valence-electron chi connectivity index (χ3n) is 4.98. The van der Waals surface area contributed by atoms with E-state index >= 15 is 0 Å². The van der Waals surface area contributed by atoms with Crippen molar-refractivity contribution in [3.8, 4) is 11.3 Å². The van der Waals surface area contributed by atoms with Gasteiger partial charge in [0.1, 0.15) is 23.8 Å². The lowest BCUT2D eigenvalue weighted by molar-refractivity contribution is -0.127. The van der Waals surface area contributed by atoms with Crippen molar-refractivity contribution < 1.29 is 18.8 Å². The van der Waals surface area contributed by atoms with Crippen molar-refractivity contribution in [1.82, 2.24) is 10.2 Å². The molecule has 162 valence electrons. The quantitative estimate of drug-likeness (QED) is 0.421. The minimum Gasteiger partial charge on any atom is -0.457 e. The lowest BCUT2D eigenvalue weighted by Crippen LogP contribution is -2.38. The van der Waals surface area contributed by atoms with Crippen molar-refractivity contribution in [3.63, 3.8) is 0 Å². The number of anilines is 1. The Bertz CT molecular complexity index is 1210. The first-order valence-corrected chi connectivity index (χ1v) is 10.4. The van der Waals surface area contributed by atoms with Crippen molar-refractivity contribution in [1.29, 1.82) is 0 Å². The van der Waals surface area contributed by atoms with E-state index < -0.39 is 24.4 Å². The van der Waals surface area contributed by atoms with Gasteiger partial charge in [0.25, 0.3) is 5.91 Å². The van der Waals surface area contributed by atoms with Gasteiger partial charge >= 0.3 is 6.03 Å². The molecule has 7 nitrogen and oxygen atoms in total. The van der Waals surface area contributed by atoms with Crippen molar-refractivity contribution >= 4 is 41.2 Å². The standard InChI is InChI=1S/C24H20ClN3O4/c1-2-15-5-3-4-6-19(15)26-22(29)14-28-23(30)20(27-24(28)31)13-18-11-12-21(32-18)16-7-9-17(25)10-8-16/h3-13H,2,14H2,1H3,(H,26,29)(H,27,31)/b20-13+. The molecule has 1 saturated heterocycles. The molecule has 2 heterocycles. The van der Waals surface area contributed by atoms with Crippen LogP contribution in [-0.4, -0.2) is 29.3 Å². The van der Waals surface area contributed by atoms with Crippen molar-refractivity contribution in [2.45, 2.75) is 13.3 Å². The van der Waals surface area contributed by atoms with Gasteiger partial charge in [-0.1, -0.05) is 36.7 Å². The zero-order chi connectivity index (χ0) is 22.7. The number of nitrogens with zero attached hydrogens (tertiary/aromatic N) is 1. The van der Waals surface area contributed by atoms with Gasteiger partial charge in [-0.15, -0.1) is 0 Å². The van der Waals surface area contributed by atoms with Crippen LogP contribution in [0.5, 0.6) is 0 Å². The Balaban J connectivity index is 1.45. The minimum atomic E-state index is -0.662. The number of urea groups is 1. The Morgan fingerprint density at radius 3 is 2.59 bits per heavy atom. The molecule has 3 aromatic rings. The maximum atomic E-state index is 12.7. The molecule has 0 radical (unpaired) electrons. The third kappa shape index (κ3) is 4.58. The first-order chi connectivity index (χ1) is 15.4. The van der Waals surface area contributed by atoms with Crippen LogP contribution in [0.4, 0.5) is 10.5 Å². The number of rotatable bonds is 6. The van der Waals surface area contributed by atoms with E-state index in [1.165, 1.54) is 6.08 Å². The van der Waals surface area contributed by atoms with Crippen LogP contribution >= 0.6 is 11.6 Å². The molecule has 32 heavy (non-hydrogen) atoms. The van der Waals surface area contributed by atoms with E-state index in [1.54, 1.807) is 30.3 Å². The smallest absolute Gasteiger partial charge is 0.329 e. The number of furan rings is 1. The number of hydrogen-bond acceptors (Lipinski definition) is 4. The van der Waals surface area contributed by atoms with E-state index in [0.29, 0.717) is 22.2 Å². The molecule has 0 bridgehead atoms. The number of amides is 4. The molecule has 1 fully saturated rings. The van der Waals surface area contributed by atoms with E-state index in [4.69, 9.17) is 16.0 Å². The summed E-state index contributed by atoms with van der Waals surface area (Å²) in [6.07, 6.45) is 2.18. The van der Waals surface area contributed by atoms with Crippen molar-refractivity contribution in [2.75, 3.05) is 11.9 Å². The molecule has 1 aliphatic heterocycles. The second kappa shape index (κ2) is 9.11. The lowest BCUT2D eigenvalue weighted by atomic mass is 10.1. The highest BCUT2D eigenvalue weighted by Gasteiger charge is 2.35. The largest absolute Gasteiger partial charge is 0.457 e. The number of nitrogens with one attached hydrogen (secondary N) is 2. The molecule has 4 amide bonds. The number of carbonyl (C=O) groups is 3. The van der Waals surface area contributed by atoms with Gasteiger partial charge in [-0.25, -0.2) is 9.69 Å². The summed E-state index contributed by atoms with van der Waals surface area (Å²) >= 11 is 5.91. The van der Waals surface area contributed by atoms with Crippen LogP contribution in [0.15, 0.2) is 70.8 Å². The molecule has 4 rings (SSSR count). The van der Waals surface area contributed by atoms with Crippen molar-refractivity contribution in [3.05, 3.63) is 82.7 Å². The molecule has 0 atom stereocenters. The van der Waals surface area contributed by atoms with E-state index in [-0.39, 0.29) is 5.70 Å². The first kappa shape index (κ1) is 21.4. The second-order valence-electron chi connectivity index (χ2n) is 7.15. The van der Waals surface area contributed by atoms with Crippen LogP contribution in [0.2, 0.25) is 5.02 Å². The van der Waals surface area contributed by atoms with E-state index in [1.807, 2.05) is 37.3 Å². The molecule has 2 N–H and O–H groups in total. The van der Waals surface area contributed by atoms with Gasteiger partial charge in [0.2, 0.25) is 5.91 Å². The molecule has 0 aliphatic carbocycles. The van der Waals surface area contributed by atoms with E-state index in [9.17, 15) is 14.4 Å². The summed E-state index contributed by atoms with van der Waals surface area (Å²) in [5, 5.41) is 5.87. The summed E-state index contributed by atoms with van der Waals surface area (Å²) in [4.78, 5) is 38.3. The molecule has 0 saturated carbocycles. The predicted molar refractivity (Wildman–Crippen MR) is 122 cm³/mol. The summed E-state index contributed by atoms with van der Waals surface area (Å²) < 4.78 is 5.76. The summed E-state index contributed by atoms with van der Waals surface area (Å²) in [6.45, 7) is 1.58. The van der Waals surface area contributed by atoms with Gasteiger partial charge in [-0.3, -0.25) is 9.59 Å². The maximum Gasteiger partial charge on any atom is 0.329 e.